The molecule has 2 N–H and O–H groups in total. The van der Waals surface area contributed by atoms with Gasteiger partial charge in [-0.15, -0.1) is 0 Å². The molecule has 4 nitrogen and oxygen atoms in total. The zero-order valence-corrected chi connectivity index (χ0v) is 12.7. The predicted octanol–water partition coefficient (Wildman–Crippen LogP) is 3.52. The Morgan fingerprint density at radius 1 is 1.47 bits per heavy atom. The Morgan fingerprint density at radius 2 is 2.21 bits per heavy atom. The van der Waals surface area contributed by atoms with Crippen LogP contribution in [0.2, 0.25) is 0 Å². The quantitative estimate of drug-likeness (QED) is 0.891. The fourth-order valence-electron chi connectivity index (χ4n) is 2.39. The van der Waals surface area contributed by atoms with Crippen LogP contribution in [0.1, 0.15) is 37.0 Å². The monoisotopic (exact) mass is 327 g/mol. The number of benzene rings is 1. The topological polar surface area (TPSA) is 58.6 Å². The highest BCUT2D eigenvalue weighted by Gasteiger charge is 2.28. The van der Waals surface area contributed by atoms with E-state index in [9.17, 15) is 4.79 Å². The number of hydrogen-bond acceptors (Lipinski definition) is 3. The summed E-state index contributed by atoms with van der Waals surface area (Å²) in [6, 6.07) is 5.46. The molecule has 1 aliphatic rings. The van der Waals surface area contributed by atoms with E-state index in [-0.39, 0.29) is 11.2 Å². The van der Waals surface area contributed by atoms with Crippen LogP contribution >= 0.6 is 15.9 Å². The molecule has 1 aliphatic heterocycles. The molecule has 2 rings (SSSR count). The number of hydrogen-bond donors (Lipinski definition) is 2. The van der Waals surface area contributed by atoms with Gasteiger partial charge in [0.2, 0.25) is 0 Å². The highest BCUT2D eigenvalue weighted by molar-refractivity contribution is 9.10. The highest BCUT2D eigenvalue weighted by atomic mass is 79.9. The number of rotatable bonds is 3. The third kappa shape index (κ3) is 3.94. The average molecular weight is 328 g/mol. The van der Waals surface area contributed by atoms with Crippen LogP contribution in [0.3, 0.4) is 0 Å². The Hall–Kier alpha value is -1.07. The molecule has 19 heavy (non-hydrogen) atoms. The summed E-state index contributed by atoms with van der Waals surface area (Å²) in [5.41, 5.74) is 0.982. The SMILES string of the molecule is CC1(C)CC(Nc2cc(Br)cc(C(=O)O)c2)CCO1. The molecule has 1 unspecified atom stereocenters. The van der Waals surface area contributed by atoms with Gasteiger partial charge in [-0.05, 0) is 44.9 Å². The lowest BCUT2D eigenvalue weighted by atomic mass is 9.94. The number of carboxylic acids is 1. The van der Waals surface area contributed by atoms with E-state index in [0.717, 1.165) is 29.6 Å². The van der Waals surface area contributed by atoms with E-state index in [1.165, 1.54) is 0 Å². The van der Waals surface area contributed by atoms with Crippen molar-refractivity contribution < 1.29 is 14.6 Å². The lowest BCUT2D eigenvalue weighted by Crippen LogP contribution is -2.40. The van der Waals surface area contributed by atoms with Crippen molar-refractivity contribution in [3.63, 3.8) is 0 Å². The van der Waals surface area contributed by atoms with E-state index in [0.29, 0.717) is 6.04 Å². The minimum atomic E-state index is -0.920. The largest absolute Gasteiger partial charge is 0.478 e. The summed E-state index contributed by atoms with van der Waals surface area (Å²) in [7, 11) is 0. The zero-order chi connectivity index (χ0) is 14.0. The maximum Gasteiger partial charge on any atom is 0.335 e. The van der Waals surface area contributed by atoms with Crippen molar-refractivity contribution in [3.8, 4) is 0 Å². The average Bonchev–Trinajstić information content (AvgIpc) is 2.26. The van der Waals surface area contributed by atoms with Crippen LogP contribution in [-0.4, -0.2) is 29.3 Å². The van der Waals surface area contributed by atoms with Gasteiger partial charge in [0.05, 0.1) is 11.2 Å². The van der Waals surface area contributed by atoms with Crippen LogP contribution in [0, 0.1) is 0 Å². The van der Waals surface area contributed by atoms with Crippen LogP contribution in [0.5, 0.6) is 0 Å². The number of anilines is 1. The van der Waals surface area contributed by atoms with Crippen LogP contribution in [0.25, 0.3) is 0 Å². The summed E-state index contributed by atoms with van der Waals surface area (Å²) in [4.78, 5) is 11.0. The van der Waals surface area contributed by atoms with Crippen molar-refractivity contribution >= 4 is 27.6 Å². The second-order valence-electron chi connectivity index (χ2n) is 5.48. The van der Waals surface area contributed by atoms with Gasteiger partial charge in [-0.1, -0.05) is 15.9 Å². The maximum atomic E-state index is 11.0. The molecule has 5 heteroatoms. The van der Waals surface area contributed by atoms with E-state index >= 15 is 0 Å². The molecule has 0 bridgehead atoms. The summed E-state index contributed by atoms with van der Waals surface area (Å²) in [5.74, 6) is -0.920. The molecule has 1 heterocycles. The molecule has 0 saturated carbocycles. The van der Waals surface area contributed by atoms with Crippen molar-refractivity contribution in [3.05, 3.63) is 28.2 Å². The van der Waals surface area contributed by atoms with Gasteiger partial charge in [0.1, 0.15) is 0 Å². The summed E-state index contributed by atoms with van der Waals surface area (Å²) < 4.78 is 6.44. The zero-order valence-electron chi connectivity index (χ0n) is 11.1. The normalized spacial score (nSPS) is 21.9. The Labute approximate surface area is 121 Å². The Balaban J connectivity index is 2.12. The number of ether oxygens (including phenoxy) is 1. The van der Waals surface area contributed by atoms with Gasteiger partial charge in [-0.3, -0.25) is 0 Å². The van der Waals surface area contributed by atoms with E-state index in [1.54, 1.807) is 12.1 Å². The van der Waals surface area contributed by atoms with Crippen molar-refractivity contribution in [2.45, 2.75) is 38.3 Å². The maximum absolute atomic E-state index is 11.0. The van der Waals surface area contributed by atoms with E-state index < -0.39 is 5.97 Å². The molecule has 1 aromatic carbocycles. The molecule has 1 saturated heterocycles. The van der Waals surface area contributed by atoms with E-state index in [4.69, 9.17) is 9.84 Å². The molecule has 0 spiro atoms. The first kappa shape index (κ1) is 14.3. The van der Waals surface area contributed by atoms with Gasteiger partial charge in [0.25, 0.3) is 0 Å². The number of halogens is 1. The molecule has 0 amide bonds. The van der Waals surface area contributed by atoms with Crippen molar-refractivity contribution in [1.29, 1.82) is 0 Å². The minimum Gasteiger partial charge on any atom is -0.478 e. The molecule has 0 aliphatic carbocycles. The number of carboxylic acid groups (broad SMARTS) is 1. The molecular weight excluding hydrogens is 310 g/mol. The van der Waals surface area contributed by atoms with Crippen LogP contribution in [-0.2, 0) is 4.74 Å². The highest BCUT2D eigenvalue weighted by Crippen LogP contribution is 2.28. The minimum absolute atomic E-state index is 0.127. The van der Waals surface area contributed by atoms with Gasteiger partial charge >= 0.3 is 5.97 Å². The molecule has 0 aromatic heterocycles. The van der Waals surface area contributed by atoms with Crippen LogP contribution in [0.15, 0.2) is 22.7 Å². The Bertz CT molecular complexity index is 488. The lowest BCUT2D eigenvalue weighted by Gasteiger charge is -2.36. The molecule has 0 radical (unpaired) electrons. The lowest BCUT2D eigenvalue weighted by molar-refractivity contribution is -0.0553. The number of nitrogens with one attached hydrogen (secondary N) is 1. The second-order valence-corrected chi connectivity index (χ2v) is 6.39. The molecular formula is C14H18BrNO3. The van der Waals surface area contributed by atoms with Crippen LogP contribution in [0.4, 0.5) is 5.69 Å². The first-order valence-electron chi connectivity index (χ1n) is 6.30. The van der Waals surface area contributed by atoms with Crippen LogP contribution < -0.4 is 5.32 Å². The molecule has 1 aromatic rings. The number of carbonyl (C=O) groups is 1. The summed E-state index contributed by atoms with van der Waals surface area (Å²) in [6.45, 7) is 4.87. The standard InChI is InChI=1S/C14H18BrNO3/c1-14(2)8-11(3-4-19-14)16-12-6-9(13(17)18)5-10(15)7-12/h5-7,11,16H,3-4,8H2,1-2H3,(H,17,18). The van der Waals surface area contributed by atoms with E-state index in [2.05, 4.69) is 35.1 Å². The fraction of sp³-hybridized carbons (Fsp3) is 0.500. The third-order valence-electron chi connectivity index (χ3n) is 3.21. The Morgan fingerprint density at radius 3 is 2.84 bits per heavy atom. The molecule has 1 fully saturated rings. The van der Waals surface area contributed by atoms with Crippen molar-refractivity contribution in [2.24, 2.45) is 0 Å². The van der Waals surface area contributed by atoms with Crippen molar-refractivity contribution in [2.75, 3.05) is 11.9 Å². The first-order chi connectivity index (χ1) is 8.85. The molecule has 1 atom stereocenters. The Kier molecular flexibility index (Phi) is 4.16. The van der Waals surface area contributed by atoms with Gasteiger partial charge in [-0.25, -0.2) is 4.79 Å². The summed E-state index contributed by atoms with van der Waals surface area (Å²) >= 11 is 3.34. The van der Waals surface area contributed by atoms with Gasteiger partial charge < -0.3 is 15.2 Å². The summed E-state index contributed by atoms with van der Waals surface area (Å²) in [5, 5.41) is 12.5. The van der Waals surface area contributed by atoms with Crippen molar-refractivity contribution in [1.82, 2.24) is 0 Å². The second kappa shape index (κ2) is 5.51. The first-order valence-corrected chi connectivity index (χ1v) is 7.09. The fourth-order valence-corrected chi connectivity index (χ4v) is 2.88. The summed E-state index contributed by atoms with van der Waals surface area (Å²) in [6.07, 6.45) is 1.83. The van der Waals surface area contributed by atoms with Gasteiger partial charge in [-0.2, -0.15) is 0 Å². The molecule has 104 valence electrons. The third-order valence-corrected chi connectivity index (χ3v) is 3.67. The van der Waals surface area contributed by atoms with E-state index in [1.807, 2.05) is 6.07 Å². The number of aromatic carboxylic acids is 1. The predicted molar refractivity (Wildman–Crippen MR) is 77.8 cm³/mol. The van der Waals surface area contributed by atoms with Gasteiger partial charge in [0.15, 0.2) is 0 Å². The van der Waals surface area contributed by atoms with Gasteiger partial charge in [0, 0.05) is 22.8 Å². The smallest absolute Gasteiger partial charge is 0.335 e.